The maximum absolute atomic E-state index is 12.6. The summed E-state index contributed by atoms with van der Waals surface area (Å²) in [6.07, 6.45) is 0.915. The topological polar surface area (TPSA) is 96.5 Å². The molecule has 8 nitrogen and oxygen atoms in total. The molecule has 0 spiro atoms. The zero-order valence-electron chi connectivity index (χ0n) is 16.6. The van der Waals surface area contributed by atoms with Gasteiger partial charge in [0.15, 0.2) is 5.82 Å². The Kier molecular flexibility index (Phi) is 7.64. The van der Waals surface area contributed by atoms with Crippen molar-refractivity contribution in [3.8, 4) is 0 Å². The second kappa shape index (κ2) is 9.76. The molecular weight excluding hydrogens is 417 g/mol. The number of halogens is 2. The van der Waals surface area contributed by atoms with Gasteiger partial charge in [-0.1, -0.05) is 23.7 Å². The molecule has 10 heteroatoms. The number of carbonyl (C=O) groups is 2. The number of aromatic nitrogens is 2. The van der Waals surface area contributed by atoms with Crippen LogP contribution in [0.4, 0.5) is 16.3 Å². The molecule has 0 bridgehead atoms. The third-order valence-corrected chi connectivity index (χ3v) is 4.04. The number of para-hydroxylation sites is 1. The van der Waals surface area contributed by atoms with Crippen LogP contribution in [0.25, 0.3) is 0 Å². The molecule has 0 aliphatic heterocycles. The van der Waals surface area contributed by atoms with Crippen LogP contribution in [0, 0.1) is 0 Å². The molecule has 0 aliphatic carbocycles. The highest BCUT2D eigenvalue weighted by molar-refractivity contribution is 6.33. The van der Waals surface area contributed by atoms with Crippen LogP contribution in [0.2, 0.25) is 10.3 Å². The van der Waals surface area contributed by atoms with Gasteiger partial charge >= 0.3 is 6.09 Å². The summed E-state index contributed by atoms with van der Waals surface area (Å²) in [6.45, 7) is 5.93. The number of ether oxygens (including phenoxy) is 1. The Morgan fingerprint density at radius 3 is 2.59 bits per heavy atom. The number of amides is 2. The first-order valence-electron chi connectivity index (χ1n) is 8.83. The highest BCUT2D eigenvalue weighted by Crippen LogP contribution is 2.25. The molecule has 0 fully saturated rings. The standard InChI is InChI=1S/C19H23Cl2N5O3/c1-19(2,3)29-18(28)26(4)10-9-22-16(27)12-7-5-6-8-14(12)24-15-13(20)11-23-17(21)25-15/h5-8,11H,9-10H2,1-4H3,(H,22,27)(H,23,24,25). The number of carbonyl (C=O) groups excluding carboxylic acids is 2. The van der Waals surface area contributed by atoms with E-state index in [9.17, 15) is 9.59 Å². The normalized spacial score (nSPS) is 11.0. The van der Waals surface area contributed by atoms with Gasteiger partial charge in [-0.3, -0.25) is 4.79 Å². The van der Waals surface area contributed by atoms with E-state index in [1.54, 1.807) is 52.1 Å². The fourth-order valence-electron chi connectivity index (χ4n) is 2.21. The SMILES string of the molecule is CN(CCNC(=O)c1ccccc1Nc1nc(Cl)ncc1Cl)C(=O)OC(C)(C)C. The average molecular weight is 440 g/mol. The molecule has 2 amide bonds. The highest BCUT2D eigenvalue weighted by Gasteiger charge is 2.19. The van der Waals surface area contributed by atoms with Crippen LogP contribution in [0.5, 0.6) is 0 Å². The van der Waals surface area contributed by atoms with Crippen LogP contribution in [0.15, 0.2) is 30.5 Å². The number of nitrogens with one attached hydrogen (secondary N) is 2. The van der Waals surface area contributed by atoms with E-state index < -0.39 is 11.7 Å². The average Bonchev–Trinajstić information content (AvgIpc) is 2.63. The molecule has 2 N–H and O–H groups in total. The molecule has 0 aliphatic rings. The lowest BCUT2D eigenvalue weighted by atomic mass is 10.1. The summed E-state index contributed by atoms with van der Waals surface area (Å²) in [5.41, 5.74) is 0.310. The van der Waals surface area contributed by atoms with Crippen LogP contribution in [-0.2, 0) is 4.74 Å². The molecule has 29 heavy (non-hydrogen) atoms. The molecule has 1 aromatic carbocycles. The van der Waals surface area contributed by atoms with Gasteiger partial charge in [0.25, 0.3) is 5.91 Å². The summed E-state index contributed by atoms with van der Waals surface area (Å²) >= 11 is 11.9. The van der Waals surface area contributed by atoms with Crippen molar-refractivity contribution in [2.75, 3.05) is 25.5 Å². The summed E-state index contributed by atoms with van der Waals surface area (Å²) in [5.74, 6) is -0.0291. The lowest BCUT2D eigenvalue weighted by molar-refractivity contribution is 0.0299. The predicted octanol–water partition coefficient (Wildman–Crippen LogP) is 4.12. The molecular formula is C19H23Cl2N5O3. The van der Waals surface area contributed by atoms with Crippen molar-refractivity contribution in [1.29, 1.82) is 0 Å². The number of anilines is 2. The molecule has 0 unspecified atom stereocenters. The van der Waals surface area contributed by atoms with E-state index in [1.165, 1.54) is 11.1 Å². The summed E-state index contributed by atoms with van der Waals surface area (Å²) in [6, 6.07) is 6.88. The first-order valence-corrected chi connectivity index (χ1v) is 9.59. The van der Waals surface area contributed by atoms with Gasteiger partial charge in [-0.25, -0.2) is 9.78 Å². The van der Waals surface area contributed by atoms with Crippen molar-refractivity contribution in [3.63, 3.8) is 0 Å². The minimum atomic E-state index is -0.579. The van der Waals surface area contributed by atoms with Gasteiger partial charge in [0.2, 0.25) is 5.28 Å². The van der Waals surface area contributed by atoms with E-state index in [4.69, 9.17) is 27.9 Å². The van der Waals surface area contributed by atoms with Gasteiger partial charge in [0.1, 0.15) is 10.6 Å². The van der Waals surface area contributed by atoms with Gasteiger partial charge in [-0.15, -0.1) is 0 Å². The van der Waals surface area contributed by atoms with E-state index in [0.717, 1.165) is 0 Å². The molecule has 1 heterocycles. The number of rotatable bonds is 6. The summed E-state index contributed by atoms with van der Waals surface area (Å²) in [7, 11) is 1.61. The van der Waals surface area contributed by atoms with Crippen LogP contribution >= 0.6 is 23.2 Å². The molecule has 1 aromatic heterocycles. The Bertz CT molecular complexity index is 886. The van der Waals surface area contributed by atoms with Gasteiger partial charge in [0, 0.05) is 20.1 Å². The minimum absolute atomic E-state index is 0.0315. The van der Waals surface area contributed by atoms with Gasteiger partial charge in [-0.2, -0.15) is 4.98 Å². The minimum Gasteiger partial charge on any atom is -0.444 e. The van der Waals surface area contributed by atoms with Crippen molar-refractivity contribution >= 4 is 46.7 Å². The summed E-state index contributed by atoms with van der Waals surface area (Å²) < 4.78 is 5.28. The second-order valence-corrected chi connectivity index (χ2v) is 7.91. The molecule has 2 rings (SSSR count). The van der Waals surface area contributed by atoms with Crippen LogP contribution in [0.1, 0.15) is 31.1 Å². The van der Waals surface area contributed by atoms with Crippen molar-refractivity contribution in [3.05, 3.63) is 46.3 Å². The molecule has 0 atom stereocenters. The summed E-state index contributed by atoms with van der Waals surface area (Å²) in [5, 5.41) is 6.07. The largest absolute Gasteiger partial charge is 0.444 e. The van der Waals surface area contributed by atoms with E-state index in [1.807, 2.05) is 0 Å². The van der Waals surface area contributed by atoms with Crippen molar-refractivity contribution in [2.24, 2.45) is 0 Å². The predicted molar refractivity (Wildman–Crippen MR) is 113 cm³/mol. The van der Waals surface area contributed by atoms with Crippen molar-refractivity contribution in [1.82, 2.24) is 20.2 Å². The zero-order chi connectivity index (χ0) is 21.6. The monoisotopic (exact) mass is 439 g/mol. The number of benzene rings is 1. The second-order valence-electron chi connectivity index (χ2n) is 7.16. The van der Waals surface area contributed by atoms with Crippen LogP contribution in [0.3, 0.4) is 0 Å². The van der Waals surface area contributed by atoms with Crippen LogP contribution in [-0.4, -0.2) is 52.6 Å². The van der Waals surface area contributed by atoms with Crippen molar-refractivity contribution in [2.45, 2.75) is 26.4 Å². The van der Waals surface area contributed by atoms with Gasteiger partial charge in [0.05, 0.1) is 17.4 Å². The Labute approximate surface area is 179 Å². The molecule has 156 valence electrons. The first-order chi connectivity index (χ1) is 13.6. The fraction of sp³-hybridized carbons (Fsp3) is 0.368. The third-order valence-electron chi connectivity index (χ3n) is 3.58. The third kappa shape index (κ3) is 7.07. The number of nitrogens with zero attached hydrogens (tertiary/aromatic N) is 3. The first kappa shape index (κ1) is 22.7. The number of hydrogen-bond donors (Lipinski definition) is 2. The molecule has 2 aromatic rings. The maximum atomic E-state index is 12.6. The van der Waals surface area contributed by atoms with Crippen LogP contribution < -0.4 is 10.6 Å². The smallest absolute Gasteiger partial charge is 0.410 e. The Morgan fingerprint density at radius 1 is 1.21 bits per heavy atom. The van der Waals surface area contributed by atoms with E-state index in [-0.39, 0.29) is 28.6 Å². The molecule has 0 radical (unpaired) electrons. The zero-order valence-corrected chi connectivity index (χ0v) is 18.1. The Morgan fingerprint density at radius 2 is 1.90 bits per heavy atom. The van der Waals surface area contributed by atoms with E-state index >= 15 is 0 Å². The van der Waals surface area contributed by atoms with Gasteiger partial charge < -0.3 is 20.3 Å². The molecule has 0 saturated heterocycles. The lowest BCUT2D eigenvalue weighted by Crippen LogP contribution is -2.39. The quantitative estimate of drug-likeness (QED) is 0.656. The number of hydrogen-bond acceptors (Lipinski definition) is 6. The van der Waals surface area contributed by atoms with Gasteiger partial charge in [-0.05, 0) is 44.5 Å². The molecule has 0 saturated carbocycles. The number of likely N-dealkylation sites (N-methyl/N-ethyl adjacent to an activating group) is 1. The Balaban J connectivity index is 2.00. The van der Waals surface area contributed by atoms with E-state index in [2.05, 4.69) is 20.6 Å². The maximum Gasteiger partial charge on any atom is 0.410 e. The highest BCUT2D eigenvalue weighted by atomic mass is 35.5. The Hall–Kier alpha value is -2.58. The lowest BCUT2D eigenvalue weighted by Gasteiger charge is -2.24. The van der Waals surface area contributed by atoms with Crippen molar-refractivity contribution < 1.29 is 14.3 Å². The summed E-state index contributed by atoms with van der Waals surface area (Å²) in [4.78, 5) is 33.8. The van der Waals surface area contributed by atoms with E-state index in [0.29, 0.717) is 17.8 Å². The fourth-order valence-corrected chi connectivity index (χ4v) is 2.49.